The lowest BCUT2D eigenvalue weighted by molar-refractivity contribution is -0.139. The van der Waals surface area contributed by atoms with Gasteiger partial charge in [-0.15, -0.1) is 0 Å². The molecule has 4 heteroatoms. The first-order chi connectivity index (χ1) is 18.8. The van der Waals surface area contributed by atoms with E-state index in [1.165, 1.54) is 89.5 Å². The molecule has 3 saturated carbocycles. The minimum absolute atomic E-state index is 0.0730. The molecule has 1 nitrogen and oxygen atoms in total. The zero-order valence-electron chi connectivity index (χ0n) is 24.7. The van der Waals surface area contributed by atoms with E-state index in [0.29, 0.717) is 0 Å². The highest BCUT2D eigenvalue weighted by molar-refractivity contribution is 5.48. The topological polar surface area (TPSA) is 9.23 Å². The van der Waals surface area contributed by atoms with E-state index in [4.69, 9.17) is 4.74 Å². The van der Waals surface area contributed by atoms with Gasteiger partial charge in [0.25, 0.3) is 0 Å². The fraction of sp³-hybridized carbons (Fsp3) is 0.829. The Morgan fingerprint density at radius 1 is 0.692 bits per heavy atom. The Labute approximate surface area is 236 Å². The summed E-state index contributed by atoms with van der Waals surface area (Å²) in [5, 5.41) is 0. The lowest BCUT2D eigenvalue weighted by atomic mass is 9.68. The maximum atomic E-state index is 14.3. The van der Waals surface area contributed by atoms with E-state index in [9.17, 15) is 13.2 Å². The second-order valence-electron chi connectivity index (χ2n) is 13.9. The van der Waals surface area contributed by atoms with Gasteiger partial charge in [-0.05, 0) is 117 Å². The summed E-state index contributed by atoms with van der Waals surface area (Å²) in [4.78, 5) is 0. The minimum atomic E-state index is -4.37. The van der Waals surface area contributed by atoms with E-state index in [1.807, 2.05) is 0 Å². The van der Waals surface area contributed by atoms with Crippen molar-refractivity contribution in [1.29, 1.82) is 0 Å². The number of benzene rings is 1. The third-order valence-electron chi connectivity index (χ3n) is 11.5. The summed E-state index contributed by atoms with van der Waals surface area (Å²) in [5.41, 5.74) is 1.20. The quantitative estimate of drug-likeness (QED) is 0.315. The first kappa shape index (κ1) is 29.3. The number of aryl methyl sites for hydroxylation is 1. The van der Waals surface area contributed by atoms with Crippen LogP contribution < -0.4 is 4.74 Å². The molecule has 1 aromatic carbocycles. The molecule has 0 saturated heterocycles. The van der Waals surface area contributed by atoms with Crippen LogP contribution in [0.3, 0.4) is 0 Å². The smallest absolute Gasteiger partial charge is 0.419 e. The Hall–Kier alpha value is -1.19. The molecule has 1 heterocycles. The maximum absolute atomic E-state index is 14.3. The Morgan fingerprint density at radius 3 is 1.90 bits per heavy atom. The van der Waals surface area contributed by atoms with Gasteiger partial charge >= 0.3 is 6.18 Å². The molecule has 3 aliphatic carbocycles. The Kier molecular flexibility index (Phi) is 9.92. The average Bonchev–Trinajstić information content (AvgIpc) is 2.96. The van der Waals surface area contributed by atoms with E-state index in [-0.39, 0.29) is 17.8 Å². The van der Waals surface area contributed by atoms with E-state index in [2.05, 4.69) is 19.9 Å². The number of fused-ring (bicyclic) bond motifs is 1. The molecule has 0 amide bonds. The van der Waals surface area contributed by atoms with Gasteiger partial charge in [-0.2, -0.15) is 13.2 Å². The van der Waals surface area contributed by atoms with Crippen molar-refractivity contribution in [1.82, 2.24) is 0 Å². The zero-order valence-corrected chi connectivity index (χ0v) is 24.7. The van der Waals surface area contributed by atoms with Crippen molar-refractivity contribution in [3.8, 4) is 5.75 Å². The molecule has 5 rings (SSSR count). The van der Waals surface area contributed by atoms with Crippen LogP contribution in [-0.2, 0) is 12.6 Å². The Morgan fingerprint density at radius 2 is 1.28 bits per heavy atom. The largest absolute Gasteiger partial charge is 0.489 e. The molecule has 1 atom stereocenters. The fourth-order valence-electron chi connectivity index (χ4n) is 8.86. The van der Waals surface area contributed by atoms with Crippen LogP contribution in [0, 0.1) is 29.6 Å². The van der Waals surface area contributed by atoms with Crippen molar-refractivity contribution in [2.75, 3.05) is 0 Å². The first-order valence-corrected chi connectivity index (χ1v) is 16.7. The average molecular weight is 547 g/mol. The van der Waals surface area contributed by atoms with Crippen LogP contribution in [0.5, 0.6) is 5.75 Å². The molecule has 0 bridgehead atoms. The molecule has 0 aromatic heterocycles. The molecule has 1 aliphatic heterocycles. The van der Waals surface area contributed by atoms with E-state index < -0.39 is 11.7 Å². The lowest BCUT2D eigenvalue weighted by Gasteiger charge is -2.38. The summed E-state index contributed by atoms with van der Waals surface area (Å²) in [6, 6.07) is 3.56. The Bertz CT molecular complexity index is 899. The molecule has 0 spiro atoms. The number of hydrogen-bond acceptors (Lipinski definition) is 1. The molecule has 220 valence electrons. The van der Waals surface area contributed by atoms with Gasteiger partial charge in [-0.1, -0.05) is 77.7 Å². The van der Waals surface area contributed by atoms with Crippen molar-refractivity contribution in [3.05, 3.63) is 28.8 Å². The van der Waals surface area contributed by atoms with Crippen LogP contribution in [0.25, 0.3) is 0 Å². The van der Waals surface area contributed by atoms with Gasteiger partial charge in [0.05, 0.1) is 11.7 Å². The summed E-state index contributed by atoms with van der Waals surface area (Å²) in [5.74, 6) is 4.58. The highest BCUT2D eigenvalue weighted by Gasteiger charge is 2.39. The van der Waals surface area contributed by atoms with Crippen LogP contribution in [0.2, 0.25) is 0 Å². The summed E-state index contributed by atoms with van der Waals surface area (Å²) in [6.07, 6.45) is 18.2. The molecule has 4 aliphatic rings. The summed E-state index contributed by atoms with van der Waals surface area (Å²) in [7, 11) is 0. The number of alkyl halides is 3. The van der Waals surface area contributed by atoms with Crippen LogP contribution in [0.4, 0.5) is 13.2 Å². The number of rotatable bonds is 8. The first-order valence-electron chi connectivity index (χ1n) is 16.7. The SMILES string of the molecule is CCCC1CCC(C2CCC(c3cc4c(c(C(F)(F)F)c3)OC(CCC3CCC(CC)CC3)CC4)CC2)CC1. The Balaban J connectivity index is 1.18. The summed E-state index contributed by atoms with van der Waals surface area (Å²) < 4.78 is 49.1. The fourth-order valence-corrected chi connectivity index (χ4v) is 8.86. The van der Waals surface area contributed by atoms with Crippen molar-refractivity contribution in [2.45, 2.75) is 154 Å². The van der Waals surface area contributed by atoms with E-state index in [1.54, 1.807) is 0 Å². The predicted molar refractivity (Wildman–Crippen MR) is 154 cm³/mol. The van der Waals surface area contributed by atoms with Gasteiger partial charge in [0.2, 0.25) is 0 Å². The number of halogens is 3. The van der Waals surface area contributed by atoms with Crippen molar-refractivity contribution >= 4 is 0 Å². The normalized spacial score (nSPS) is 33.8. The predicted octanol–water partition coefficient (Wildman–Crippen LogP) is 11.3. The zero-order chi connectivity index (χ0) is 27.4. The monoisotopic (exact) mass is 546 g/mol. The van der Waals surface area contributed by atoms with Crippen molar-refractivity contribution < 1.29 is 17.9 Å². The minimum Gasteiger partial charge on any atom is -0.489 e. The van der Waals surface area contributed by atoms with Crippen molar-refractivity contribution in [3.63, 3.8) is 0 Å². The van der Waals surface area contributed by atoms with Gasteiger partial charge in [0.1, 0.15) is 5.75 Å². The van der Waals surface area contributed by atoms with Gasteiger partial charge in [-0.3, -0.25) is 0 Å². The standard InChI is InChI=1S/C35H53F3O/c1-3-5-25-10-13-27(14-11-25)28-15-17-29(18-16-28)31-22-30-19-21-32(39-34(30)33(23-31)35(36,37)38)20-12-26-8-6-24(4-2)7-9-26/h22-29,32H,3-21H2,1-2H3. The second kappa shape index (κ2) is 13.2. The summed E-state index contributed by atoms with van der Waals surface area (Å²) >= 11 is 0. The third kappa shape index (κ3) is 7.37. The van der Waals surface area contributed by atoms with Crippen LogP contribution in [0.1, 0.15) is 152 Å². The van der Waals surface area contributed by atoms with Crippen LogP contribution in [0.15, 0.2) is 12.1 Å². The third-order valence-corrected chi connectivity index (χ3v) is 11.5. The van der Waals surface area contributed by atoms with Crippen LogP contribution >= 0.6 is 0 Å². The van der Waals surface area contributed by atoms with E-state index in [0.717, 1.165) is 79.2 Å². The number of hydrogen-bond donors (Lipinski definition) is 0. The van der Waals surface area contributed by atoms with E-state index >= 15 is 0 Å². The van der Waals surface area contributed by atoms with Gasteiger partial charge in [0.15, 0.2) is 0 Å². The lowest BCUT2D eigenvalue weighted by Crippen LogP contribution is -2.27. The second-order valence-corrected chi connectivity index (χ2v) is 13.9. The van der Waals surface area contributed by atoms with Crippen LogP contribution in [-0.4, -0.2) is 6.10 Å². The highest BCUT2D eigenvalue weighted by Crippen LogP contribution is 2.48. The molecule has 3 fully saturated rings. The van der Waals surface area contributed by atoms with Gasteiger partial charge in [-0.25, -0.2) is 0 Å². The van der Waals surface area contributed by atoms with Gasteiger partial charge < -0.3 is 4.74 Å². The van der Waals surface area contributed by atoms with Gasteiger partial charge in [0, 0.05) is 0 Å². The summed E-state index contributed by atoms with van der Waals surface area (Å²) in [6.45, 7) is 4.58. The molecule has 0 radical (unpaired) electrons. The molecular formula is C35H53F3O. The maximum Gasteiger partial charge on any atom is 0.419 e. The molecule has 0 N–H and O–H groups in total. The molecule has 1 aromatic rings. The molecular weight excluding hydrogens is 493 g/mol. The molecule has 1 unspecified atom stereocenters. The number of ether oxygens (including phenoxy) is 1. The van der Waals surface area contributed by atoms with Crippen molar-refractivity contribution in [2.24, 2.45) is 29.6 Å². The highest BCUT2D eigenvalue weighted by atomic mass is 19.4. The molecule has 39 heavy (non-hydrogen) atoms.